The molecule has 0 aromatic rings. The Labute approximate surface area is 82.1 Å². The fourth-order valence-corrected chi connectivity index (χ4v) is 1.23. The van der Waals surface area contributed by atoms with E-state index in [1.807, 2.05) is 0 Å². The lowest BCUT2D eigenvalue weighted by Gasteiger charge is -2.02. The molecule has 0 aromatic heterocycles. The van der Waals surface area contributed by atoms with Crippen molar-refractivity contribution in [3.05, 3.63) is 0 Å². The Bertz CT molecular complexity index is 123. The van der Waals surface area contributed by atoms with E-state index in [0.29, 0.717) is 5.78 Å². The zero-order chi connectivity index (χ0) is 9.94. The Morgan fingerprint density at radius 3 is 2.38 bits per heavy atom. The third-order valence-corrected chi connectivity index (χ3v) is 2.09. The van der Waals surface area contributed by atoms with Crippen molar-refractivity contribution in [1.29, 1.82) is 0 Å². The van der Waals surface area contributed by atoms with Crippen LogP contribution in [0.25, 0.3) is 0 Å². The van der Waals surface area contributed by atoms with Gasteiger partial charge in [-0.25, -0.2) is 0 Å². The van der Waals surface area contributed by atoms with Gasteiger partial charge in [0.05, 0.1) is 0 Å². The smallest absolute Gasteiger partial charge is 0.129 e. The standard InChI is InChI=1S/C11H23NO/c1-3-4-9-12-10-7-5-6-8-11(2)13/h12H,3-10H2,1-2H3. The number of carbonyl (C=O) groups is 1. The maximum Gasteiger partial charge on any atom is 0.129 e. The number of nitrogens with one attached hydrogen (secondary N) is 1. The molecule has 0 aliphatic carbocycles. The third kappa shape index (κ3) is 11.6. The van der Waals surface area contributed by atoms with Gasteiger partial charge in [-0.3, -0.25) is 0 Å². The Morgan fingerprint density at radius 1 is 1.08 bits per heavy atom. The highest BCUT2D eigenvalue weighted by atomic mass is 16.1. The van der Waals surface area contributed by atoms with Crippen molar-refractivity contribution in [2.45, 2.75) is 52.4 Å². The first-order valence-corrected chi connectivity index (χ1v) is 5.47. The predicted molar refractivity (Wildman–Crippen MR) is 56.9 cm³/mol. The van der Waals surface area contributed by atoms with E-state index >= 15 is 0 Å². The van der Waals surface area contributed by atoms with Gasteiger partial charge in [-0.15, -0.1) is 0 Å². The monoisotopic (exact) mass is 185 g/mol. The summed E-state index contributed by atoms with van der Waals surface area (Å²) in [5.74, 6) is 0.318. The summed E-state index contributed by atoms with van der Waals surface area (Å²) in [4.78, 5) is 10.6. The van der Waals surface area contributed by atoms with Crippen LogP contribution in [0, 0.1) is 0 Å². The summed E-state index contributed by atoms with van der Waals surface area (Å²) in [5, 5.41) is 3.39. The first-order valence-electron chi connectivity index (χ1n) is 5.47. The summed E-state index contributed by atoms with van der Waals surface area (Å²) in [5.41, 5.74) is 0. The maximum atomic E-state index is 10.6. The van der Waals surface area contributed by atoms with Gasteiger partial charge in [0, 0.05) is 6.42 Å². The number of unbranched alkanes of at least 4 members (excludes halogenated alkanes) is 3. The van der Waals surface area contributed by atoms with Gasteiger partial charge in [0.25, 0.3) is 0 Å². The van der Waals surface area contributed by atoms with Gasteiger partial charge in [0.15, 0.2) is 0 Å². The van der Waals surface area contributed by atoms with Gasteiger partial charge in [0.1, 0.15) is 5.78 Å². The van der Waals surface area contributed by atoms with Gasteiger partial charge < -0.3 is 10.1 Å². The largest absolute Gasteiger partial charge is 0.317 e. The molecule has 0 aliphatic rings. The predicted octanol–water partition coefficient (Wildman–Crippen LogP) is 2.53. The number of hydrogen-bond donors (Lipinski definition) is 1. The minimum Gasteiger partial charge on any atom is -0.317 e. The van der Waals surface area contributed by atoms with Crippen molar-refractivity contribution < 1.29 is 4.79 Å². The molecule has 0 aromatic carbocycles. The van der Waals surface area contributed by atoms with Crippen LogP contribution in [0.15, 0.2) is 0 Å². The molecular weight excluding hydrogens is 162 g/mol. The van der Waals surface area contributed by atoms with Crippen LogP contribution in [-0.2, 0) is 4.79 Å². The second-order valence-corrected chi connectivity index (χ2v) is 3.62. The van der Waals surface area contributed by atoms with Gasteiger partial charge in [-0.1, -0.05) is 19.8 Å². The molecule has 0 fully saturated rings. The fourth-order valence-electron chi connectivity index (χ4n) is 1.23. The highest BCUT2D eigenvalue weighted by Gasteiger charge is 1.93. The molecule has 0 spiro atoms. The van der Waals surface area contributed by atoms with E-state index in [9.17, 15) is 4.79 Å². The van der Waals surface area contributed by atoms with Crippen LogP contribution in [0.2, 0.25) is 0 Å². The second kappa shape index (κ2) is 9.72. The molecule has 0 saturated heterocycles. The molecule has 1 N–H and O–H groups in total. The first-order chi connectivity index (χ1) is 6.27. The molecule has 0 radical (unpaired) electrons. The Balaban J connectivity index is 2.87. The molecule has 0 saturated carbocycles. The van der Waals surface area contributed by atoms with Gasteiger partial charge in [-0.2, -0.15) is 0 Å². The zero-order valence-electron chi connectivity index (χ0n) is 9.07. The molecule has 0 aliphatic heterocycles. The molecule has 13 heavy (non-hydrogen) atoms. The summed E-state index contributed by atoms with van der Waals surface area (Å²) >= 11 is 0. The summed E-state index contributed by atoms with van der Waals surface area (Å²) < 4.78 is 0. The van der Waals surface area contributed by atoms with Crippen LogP contribution < -0.4 is 5.32 Å². The van der Waals surface area contributed by atoms with E-state index in [-0.39, 0.29) is 0 Å². The lowest BCUT2D eigenvalue weighted by molar-refractivity contribution is -0.117. The average molecular weight is 185 g/mol. The topological polar surface area (TPSA) is 29.1 Å². The van der Waals surface area contributed by atoms with Gasteiger partial charge >= 0.3 is 0 Å². The zero-order valence-corrected chi connectivity index (χ0v) is 9.07. The molecule has 0 bridgehead atoms. The molecule has 2 nitrogen and oxygen atoms in total. The van der Waals surface area contributed by atoms with E-state index in [2.05, 4.69) is 12.2 Å². The van der Waals surface area contributed by atoms with Crippen molar-refractivity contribution in [3.63, 3.8) is 0 Å². The van der Waals surface area contributed by atoms with E-state index in [0.717, 1.165) is 25.9 Å². The Hall–Kier alpha value is -0.370. The van der Waals surface area contributed by atoms with Gasteiger partial charge in [0.2, 0.25) is 0 Å². The highest BCUT2D eigenvalue weighted by molar-refractivity contribution is 5.75. The van der Waals surface area contributed by atoms with Crippen molar-refractivity contribution >= 4 is 5.78 Å². The summed E-state index contributed by atoms with van der Waals surface area (Å²) in [7, 11) is 0. The van der Waals surface area contributed by atoms with Crippen LogP contribution in [0.1, 0.15) is 52.4 Å². The SMILES string of the molecule is CCCCNCCCCCC(C)=O. The molecule has 0 heterocycles. The molecule has 0 unspecified atom stereocenters. The van der Waals surface area contributed by atoms with Crippen molar-refractivity contribution in [1.82, 2.24) is 5.32 Å². The summed E-state index contributed by atoms with van der Waals surface area (Å²) in [6, 6.07) is 0. The third-order valence-electron chi connectivity index (χ3n) is 2.09. The van der Waals surface area contributed by atoms with Crippen LogP contribution >= 0.6 is 0 Å². The number of carbonyl (C=O) groups excluding carboxylic acids is 1. The minimum absolute atomic E-state index is 0.318. The van der Waals surface area contributed by atoms with Gasteiger partial charge in [-0.05, 0) is 39.3 Å². The molecule has 0 atom stereocenters. The van der Waals surface area contributed by atoms with Crippen LogP contribution in [0.5, 0.6) is 0 Å². The Kier molecular flexibility index (Phi) is 9.44. The lowest BCUT2D eigenvalue weighted by atomic mass is 10.1. The van der Waals surface area contributed by atoms with Crippen molar-refractivity contribution in [3.8, 4) is 0 Å². The van der Waals surface area contributed by atoms with Crippen LogP contribution in [-0.4, -0.2) is 18.9 Å². The van der Waals surface area contributed by atoms with E-state index in [4.69, 9.17) is 0 Å². The fraction of sp³-hybridized carbons (Fsp3) is 0.909. The van der Waals surface area contributed by atoms with Crippen LogP contribution in [0.3, 0.4) is 0 Å². The number of rotatable bonds is 9. The molecule has 0 amide bonds. The number of ketones is 1. The number of Topliss-reactive ketones (excluding diaryl/α,β-unsaturated/α-hetero) is 1. The van der Waals surface area contributed by atoms with E-state index < -0.39 is 0 Å². The minimum atomic E-state index is 0.318. The molecule has 0 rings (SSSR count). The average Bonchev–Trinajstić information content (AvgIpc) is 2.09. The molecule has 78 valence electrons. The van der Waals surface area contributed by atoms with Crippen molar-refractivity contribution in [2.24, 2.45) is 0 Å². The second-order valence-electron chi connectivity index (χ2n) is 3.62. The molecule has 2 heteroatoms. The van der Waals surface area contributed by atoms with E-state index in [1.54, 1.807) is 6.92 Å². The highest BCUT2D eigenvalue weighted by Crippen LogP contribution is 1.99. The number of hydrogen-bond acceptors (Lipinski definition) is 2. The lowest BCUT2D eigenvalue weighted by Crippen LogP contribution is -2.16. The summed E-state index contributed by atoms with van der Waals surface area (Å²) in [6.07, 6.45) is 6.74. The van der Waals surface area contributed by atoms with Crippen molar-refractivity contribution in [2.75, 3.05) is 13.1 Å². The quantitative estimate of drug-likeness (QED) is 0.559. The molecular formula is C11H23NO. The Morgan fingerprint density at radius 2 is 1.77 bits per heavy atom. The normalized spacial score (nSPS) is 10.3. The summed E-state index contributed by atoms with van der Waals surface area (Å²) in [6.45, 7) is 6.12. The van der Waals surface area contributed by atoms with Crippen LogP contribution in [0.4, 0.5) is 0 Å². The first kappa shape index (κ1) is 12.6. The maximum absolute atomic E-state index is 10.6. The van der Waals surface area contributed by atoms with E-state index in [1.165, 1.54) is 25.7 Å².